The maximum absolute atomic E-state index is 9.82. The van der Waals surface area contributed by atoms with Gasteiger partial charge in [0.2, 0.25) is 5.89 Å². The molecule has 0 spiro atoms. The average Bonchev–Trinajstić information content (AvgIpc) is 3.06. The molecule has 2 rings (SSSR count). The summed E-state index contributed by atoms with van der Waals surface area (Å²) in [6.45, 7) is 7.44. The van der Waals surface area contributed by atoms with Crippen LogP contribution in [0.5, 0.6) is 0 Å². The Balaban J connectivity index is 2.01. The first kappa shape index (κ1) is 16.4. The fourth-order valence-electron chi connectivity index (χ4n) is 3.17. The molecule has 21 heavy (non-hydrogen) atoms. The molecular formula is C15H27N3O3. The first-order valence-corrected chi connectivity index (χ1v) is 7.77. The minimum atomic E-state index is -0.156. The summed E-state index contributed by atoms with van der Waals surface area (Å²) in [6.07, 6.45) is 3.02. The summed E-state index contributed by atoms with van der Waals surface area (Å²) in [5, 5.41) is 13.8. The van der Waals surface area contributed by atoms with E-state index in [9.17, 15) is 5.11 Å². The second kappa shape index (κ2) is 6.85. The summed E-state index contributed by atoms with van der Waals surface area (Å²) < 4.78 is 10.8. The van der Waals surface area contributed by atoms with Gasteiger partial charge in [0.1, 0.15) is 6.10 Å². The van der Waals surface area contributed by atoms with Crippen molar-refractivity contribution in [3.8, 4) is 0 Å². The van der Waals surface area contributed by atoms with Gasteiger partial charge in [-0.3, -0.25) is 4.90 Å². The third kappa shape index (κ3) is 3.62. The summed E-state index contributed by atoms with van der Waals surface area (Å²) in [6, 6.07) is 0. The molecule has 0 radical (unpaired) electrons. The lowest BCUT2D eigenvalue weighted by molar-refractivity contribution is 0.0387. The molecule has 1 aromatic heterocycles. The van der Waals surface area contributed by atoms with Gasteiger partial charge in [0, 0.05) is 12.1 Å². The maximum Gasteiger partial charge on any atom is 0.240 e. The van der Waals surface area contributed by atoms with E-state index in [-0.39, 0.29) is 18.2 Å². The van der Waals surface area contributed by atoms with Crippen LogP contribution in [0, 0.1) is 5.92 Å². The Bertz CT molecular complexity index is 451. The SMILES string of the molecule is CCO[C@H](C)c1noc(CN(C)[C@]2(CO)CC[C@H](C)C2)n1. The monoisotopic (exact) mass is 297 g/mol. The largest absolute Gasteiger partial charge is 0.394 e. The van der Waals surface area contributed by atoms with Crippen LogP contribution in [0.1, 0.15) is 57.9 Å². The first-order valence-electron chi connectivity index (χ1n) is 7.77. The van der Waals surface area contributed by atoms with Gasteiger partial charge in [-0.25, -0.2) is 0 Å². The highest BCUT2D eigenvalue weighted by atomic mass is 16.5. The first-order chi connectivity index (χ1) is 10.0. The Hall–Kier alpha value is -0.980. The molecule has 1 saturated carbocycles. The van der Waals surface area contributed by atoms with Crippen molar-refractivity contribution in [1.29, 1.82) is 0 Å². The normalized spacial score (nSPS) is 27.4. The predicted octanol–water partition coefficient (Wildman–Crippen LogP) is 2.15. The number of likely N-dealkylation sites (N-methyl/N-ethyl adjacent to an activating group) is 1. The zero-order valence-electron chi connectivity index (χ0n) is 13.5. The van der Waals surface area contributed by atoms with E-state index in [1.165, 1.54) is 0 Å². The number of hydrogen-bond donors (Lipinski definition) is 1. The van der Waals surface area contributed by atoms with Crippen LogP contribution in [-0.2, 0) is 11.3 Å². The number of hydrogen-bond acceptors (Lipinski definition) is 6. The van der Waals surface area contributed by atoms with Gasteiger partial charge in [-0.2, -0.15) is 4.98 Å². The highest BCUT2D eigenvalue weighted by Gasteiger charge is 2.40. The molecule has 1 N–H and O–H groups in total. The van der Waals surface area contributed by atoms with Crippen molar-refractivity contribution in [2.75, 3.05) is 20.3 Å². The quantitative estimate of drug-likeness (QED) is 0.831. The number of nitrogens with zero attached hydrogens (tertiary/aromatic N) is 3. The van der Waals surface area contributed by atoms with Crippen molar-refractivity contribution < 1.29 is 14.4 Å². The number of aliphatic hydroxyl groups is 1. The number of aromatic nitrogens is 2. The summed E-state index contributed by atoms with van der Waals surface area (Å²) >= 11 is 0. The Kier molecular flexibility index (Phi) is 5.35. The Morgan fingerprint density at radius 3 is 2.90 bits per heavy atom. The van der Waals surface area contributed by atoms with Gasteiger partial charge in [0.25, 0.3) is 0 Å². The molecule has 1 aliphatic rings. The second-order valence-corrected chi connectivity index (χ2v) is 6.23. The third-order valence-electron chi connectivity index (χ3n) is 4.57. The zero-order valence-corrected chi connectivity index (χ0v) is 13.5. The molecule has 1 aliphatic carbocycles. The molecule has 1 aromatic rings. The molecule has 120 valence electrons. The van der Waals surface area contributed by atoms with Crippen molar-refractivity contribution in [3.05, 3.63) is 11.7 Å². The molecule has 6 nitrogen and oxygen atoms in total. The van der Waals surface area contributed by atoms with Gasteiger partial charge < -0.3 is 14.4 Å². The molecular weight excluding hydrogens is 270 g/mol. The zero-order chi connectivity index (χ0) is 15.5. The lowest BCUT2D eigenvalue weighted by Crippen LogP contribution is -2.47. The fraction of sp³-hybridized carbons (Fsp3) is 0.867. The van der Waals surface area contributed by atoms with Crippen molar-refractivity contribution >= 4 is 0 Å². The summed E-state index contributed by atoms with van der Waals surface area (Å²) in [4.78, 5) is 6.55. The minimum Gasteiger partial charge on any atom is -0.394 e. The van der Waals surface area contributed by atoms with Gasteiger partial charge in [0.05, 0.1) is 13.2 Å². The molecule has 0 bridgehead atoms. The topological polar surface area (TPSA) is 71.6 Å². The smallest absolute Gasteiger partial charge is 0.240 e. The van der Waals surface area contributed by atoms with Gasteiger partial charge >= 0.3 is 0 Å². The van der Waals surface area contributed by atoms with E-state index in [0.29, 0.717) is 30.8 Å². The Morgan fingerprint density at radius 1 is 1.57 bits per heavy atom. The third-order valence-corrected chi connectivity index (χ3v) is 4.57. The molecule has 0 unspecified atom stereocenters. The molecule has 1 fully saturated rings. The van der Waals surface area contributed by atoms with E-state index in [1.807, 2.05) is 20.9 Å². The predicted molar refractivity (Wildman–Crippen MR) is 78.6 cm³/mol. The van der Waals surface area contributed by atoms with E-state index in [2.05, 4.69) is 22.0 Å². The van der Waals surface area contributed by atoms with Crippen molar-refractivity contribution in [2.24, 2.45) is 5.92 Å². The second-order valence-electron chi connectivity index (χ2n) is 6.23. The van der Waals surface area contributed by atoms with Crippen LogP contribution in [0.3, 0.4) is 0 Å². The van der Waals surface area contributed by atoms with Crippen LogP contribution in [0.25, 0.3) is 0 Å². The Morgan fingerprint density at radius 2 is 2.33 bits per heavy atom. The van der Waals surface area contributed by atoms with Crippen molar-refractivity contribution in [2.45, 2.75) is 58.2 Å². The number of rotatable bonds is 7. The van der Waals surface area contributed by atoms with E-state index in [0.717, 1.165) is 19.3 Å². The van der Waals surface area contributed by atoms with Crippen LogP contribution in [0.4, 0.5) is 0 Å². The highest BCUT2D eigenvalue weighted by Crippen LogP contribution is 2.38. The van der Waals surface area contributed by atoms with Gasteiger partial charge in [-0.15, -0.1) is 0 Å². The average molecular weight is 297 g/mol. The van der Waals surface area contributed by atoms with Crippen LogP contribution < -0.4 is 0 Å². The summed E-state index contributed by atoms with van der Waals surface area (Å²) in [5.41, 5.74) is -0.153. The molecule has 3 atom stereocenters. The Labute approximate surface area is 126 Å². The molecule has 0 saturated heterocycles. The number of ether oxygens (including phenoxy) is 1. The summed E-state index contributed by atoms with van der Waals surface area (Å²) in [5.74, 6) is 1.81. The lowest BCUT2D eigenvalue weighted by Gasteiger charge is -2.36. The van der Waals surface area contributed by atoms with Gasteiger partial charge in [-0.05, 0) is 46.1 Å². The van der Waals surface area contributed by atoms with Crippen LogP contribution in [0.2, 0.25) is 0 Å². The van der Waals surface area contributed by atoms with E-state index < -0.39 is 0 Å². The molecule has 1 heterocycles. The van der Waals surface area contributed by atoms with Crippen LogP contribution in [-0.4, -0.2) is 45.9 Å². The van der Waals surface area contributed by atoms with Crippen molar-refractivity contribution in [3.63, 3.8) is 0 Å². The van der Waals surface area contributed by atoms with Crippen LogP contribution >= 0.6 is 0 Å². The lowest BCUT2D eigenvalue weighted by atomic mass is 9.95. The van der Waals surface area contributed by atoms with E-state index >= 15 is 0 Å². The summed E-state index contributed by atoms with van der Waals surface area (Å²) in [7, 11) is 2.02. The van der Waals surface area contributed by atoms with E-state index in [1.54, 1.807) is 0 Å². The van der Waals surface area contributed by atoms with Gasteiger partial charge in [-0.1, -0.05) is 12.1 Å². The minimum absolute atomic E-state index is 0.153. The standard InChI is InChI=1S/C15H27N3O3/c1-5-20-12(3)14-16-13(21-17-14)9-18(4)15(10-19)7-6-11(2)8-15/h11-12,19H,5-10H2,1-4H3/t11-,12+,15+/m0/s1. The number of aliphatic hydroxyl groups excluding tert-OH is 1. The molecule has 0 aromatic carbocycles. The van der Waals surface area contributed by atoms with Gasteiger partial charge in [0.15, 0.2) is 5.82 Å². The van der Waals surface area contributed by atoms with Crippen LogP contribution in [0.15, 0.2) is 4.52 Å². The van der Waals surface area contributed by atoms with Crippen molar-refractivity contribution in [1.82, 2.24) is 15.0 Å². The molecule has 6 heteroatoms. The highest BCUT2D eigenvalue weighted by molar-refractivity contribution is 4.98. The maximum atomic E-state index is 9.82. The molecule has 0 aliphatic heterocycles. The molecule has 0 amide bonds. The van der Waals surface area contributed by atoms with E-state index in [4.69, 9.17) is 9.26 Å². The fourth-order valence-corrected chi connectivity index (χ4v) is 3.17.